The maximum atomic E-state index is 12.2. The molecule has 1 unspecified atom stereocenters. The Kier molecular flexibility index (Phi) is 7.16. The molecular formula is C21H24O4S. The minimum atomic E-state index is -3.34. The highest BCUT2D eigenvalue weighted by Crippen LogP contribution is 2.15. The molecule has 26 heavy (non-hydrogen) atoms. The zero-order chi connectivity index (χ0) is 19.0. The summed E-state index contributed by atoms with van der Waals surface area (Å²) in [5.74, 6) is -0.318. The molecule has 4 nitrogen and oxygen atoms in total. The molecule has 0 aromatic heterocycles. The van der Waals surface area contributed by atoms with Gasteiger partial charge in [0.2, 0.25) is 0 Å². The van der Waals surface area contributed by atoms with E-state index in [1.807, 2.05) is 19.9 Å². The first-order valence-corrected chi connectivity index (χ1v) is 10.2. The predicted octanol–water partition coefficient (Wildman–Crippen LogP) is 4.29. The van der Waals surface area contributed by atoms with E-state index in [1.54, 1.807) is 66.7 Å². The van der Waals surface area contributed by atoms with Gasteiger partial charge >= 0.3 is 5.97 Å². The zero-order valence-electron chi connectivity index (χ0n) is 15.0. The summed E-state index contributed by atoms with van der Waals surface area (Å²) in [6, 6.07) is 17.2. The Hall–Kier alpha value is -2.40. The summed E-state index contributed by atoms with van der Waals surface area (Å²) in [4.78, 5) is 12.5. The number of benzene rings is 2. The van der Waals surface area contributed by atoms with E-state index in [-0.39, 0.29) is 23.7 Å². The molecule has 0 saturated carbocycles. The maximum absolute atomic E-state index is 12.2. The average Bonchev–Trinajstić information content (AvgIpc) is 2.65. The predicted molar refractivity (Wildman–Crippen MR) is 103 cm³/mol. The van der Waals surface area contributed by atoms with E-state index < -0.39 is 9.84 Å². The van der Waals surface area contributed by atoms with Gasteiger partial charge in [-0.25, -0.2) is 13.2 Å². The molecule has 0 fully saturated rings. The molecule has 0 heterocycles. The van der Waals surface area contributed by atoms with Crippen molar-refractivity contribution in [2.24, 2.45) is 5.92 Å². The number of rotatable bonds is 8. The normalized spacial score (nSPS) is 13.0. The number of carbonyl (C=O) groups is 1. The van der Waals surface area contributed by atoms with Crippen molar-refractivity contribution in [1.82, 2.24) is 0 Å². The highest BCUT2D eigenvalue weighted by Gasteiger charge is 2.18. The number of ether oxygens (including phenoxy) is 1. The highest BCUT2D eigenvalue weighted by molar-refractivity contribution is 7.91. The largest absolute Gasteiger partial charge is 0.458 e. The Bertz CT molecular complexity index is 825. The molecule has 0 aliphatic carbocycles. The monoisotopic (exact) mass is 372 g/mol. The van der Waals surface area contributed by atoms with Gasteiger partial charge in [0.15, 0.2) is 9.84 Å². The van der Waals surface area contributed by atoms with Crippen LogP contribution in [0.1, 0.15) is 30.6 Å². The van der Waals surface area contributed by atoms with Crippen LogP contribution in [0.5, 0.6) is 0 Å². The van der Waals surface area contributed by atoms with Crippen LogP contribution in [0.4, 0.5) is 0 Å². The van der Waals surface area contributed by atoms with E-state index >= 15 is 0 Å². The van der Waals surface area contributed by atoms with Gasteiger partial charge in [0.25, 0.3) is 0 Å². The van der Waals surface area contributed by atoms with Crippen LogP contribution in [-0.4, -0.2) is 26.2 Å². The first-order chi connectivity index (χ1) is 12.4. The van der Waals surface area contributed by atoms with Crippen molar-refractivity contribution in [1.29, 1.82) is 0 Å². The lowest BCUT2D eigenvalue weighted by Crippen LogP contribution is -2.23. The second kappa shape index (κ2) is 9.34. The Morgan fingerprint density at radius 1 is 0.962 bits per heavy atom. The Morgan fingerprint density at radius 2 is 1.54 bits per heavy atom. The fourth-order valence-electron chi connectivity index (χ4n) is 2.39. The molecular weight excluding hydrogens is 348 g/mol. The summed E-state index contributed by atoms with van der Waals surface area (Å²) < 4.78 is 30.0. The Labute approximate surface area is 155 Å². The minimum Gasteiger partial charge on any atom is -0.458 e. The standard InChI is InChI=1S/C21H24O4S/c1-17(2)20(25-21(22)18-11-5-3-6-12-18)15-9-10-16-26(23,24)19-13-7-4-8-14-19/h3-14,17,20H,15-16H2,1-2H3/b10-9+. The van der Waals surface area contributed by atoms with Crippen molar-refractivity contribution >= 4 is 15.8 Å². The highest BCUT2D eigenvalue weighted by atomic mass is 32.2. The molecule has 2 rings (SSSR count). The van der Waals surface area contributed by atoms with Crippen LogP contribution < -0.4 is 0 Å². The van der Waals surface area contributed by atoms with Crippen molar-refractivity contribution in [3.8, 4) is 0 Å². The molecule has 0 spiro atoms. The summed E-state index contributed by atoms with van der Waals surface area (Å²) in [6.07, 6.45) is 3.55. The molecule has 2 aromatic carbocycles. The molecule has 5 heteroatoms. The smallest absolute Gasteiger partial charge is 0.338 e. The van der Waals surface area contributed by atoms with Gasteiger partial charge in [0.1, 0.15) is 6.10 Å². The maximum Gasteiger partial charge on any atom is 0.338 e. The van der Waals surface area contributed by atoms with Crippen LogP contribution in [-0.2, 0) is 14.6 Å². The van der Waals surface area contributed by atoms with Crippen molar-refractivity contribution in [3.63, 3.8) is 0 Å². The van der Waals surface area contributed by atoms with Crippen molar-refractivity contribution in [2.45, 2.75) is 31.3 Å². The van der Waals surface area contributed by atoms with Crippen molar-refractivity contribution < 1.29 is 17.9 Å². The van der Waals surface area contributed by atoms with E-state index in [2.05, 4.69) is 0 Å². The van der Waals surface area contributed by atoms with E-state index in [4.69, 9.17) is 4.74 Å². The van der Waals surface area contributed by atoms with Crippen molar-refractivity contribution in [2.75, 3.05) is 5.75 Å². The molecule has 2 aromatic rings. The molecule has 0 amide bonds. The third-order valence-corrected chi connectivity index (χ3v) is 5.59. The average molecular weight is 372 g/mol. The lowest BCUT2D eigenvalue weighted by Gasteiger charge is -2.20. The Balaban J connectivity index is 1.94. The van der Waals surface area contributed by atoms with Crippen molar-refractivity contribution in [3.05, 3.63) is 78.4 Å². The third-order valence-electron chi connectivity index (χ3n) is 3.96. The molecule has 0 aliphatic rings. The number of hydrogen-bond acceptors (Lipinski definition) is 4. The van der Waals surface area contributed by atoms with Crippen LogP contribution in [0.15, 0.2) is 77.7 Å². The summed E-state index contributed by atoms with van der Waals surface area (Å²) in [5, 5.41) is 0. The number of hydrogen-bond donors (Lipinski definition) is 0. The number of carbonyl (C=O) groups excluding carboxylic acids is 1. The molecule has 0 radical (unpaired) electrons. The lowest BCUT2D eigenvalue weighted by atomic mass is 10.0. The van der Waals surface area contributed by atoms with E-state index in [0.29, 0.717) is 16.9 Å². The van der Waals surface area contributed by atoms with E-state index in [9.17, 15) is 13.2 Å². The van der Waals surface area contributed by atoms with E-state index in [0.717, 1.165) is 0 Å². The second-order valence-corrected chi connectivity index (χ2v) is 8.39. The van der Waals surface area contributed by atoms with Gasteiger partial charge in [-0.15, -0.1) is 0 Å². The quantitative estimate of drug-likeness (QED) is 0.512. The van der Waals surface area contributed by atoms with Gasteiger partial charge in [-0.3, -0.25) is 0 Å². The minimum absolute atomic E-state index is 0.0749. The number of esters is 1. The molecule has 138 valence electrons. The first-order valence-electron chi connectivity index (χ1n) is 8.59. The van der Waals surface area contributed by atoms with Crippen LogP contribution in [0, 0.1) is 5.92 Å². The molecule has 0 N–H and O–H groups in total. The fourth-order valence-corrected chi connectivity index (χ4v) is 3.54. The second-order valence-electron chi connectivity index (χ2n) is 6.36. The fraction of sp³-hybridized carbons (Fsp3) is 0.286. The van der Waals surface area contributed by atoms with Gasteiger partial charge in [0, 0.05) is 6.42 Å². The van der Waals surface area contributed by atoms with Crippen LogP contribution in [0.25, 0.3) is 0 Å². The van der Waals surface area contributed by atoms with Gasteiger partial charge < -0.3 is 4.74 Å². The van der Waals surface area contributed by atoms with Gasteiger partial charge in [-0.05, 0) is 30.2 Å². The zero-order valence-corrected chi connectivity index (χ0v) is 15.9. The number of sulfone groups is 1. The summed E-state index contributed by atoms with van der Waals surface area (Å²) in [5.41, 5.74) is 0.508. The van der Waals surface area contributed by atoms with Crippen LogP contribution in [0.3, 0.4) is 0 Å². The summed E-state index contributed by atoms with van der Waals surface area (Å²) in [6.45, 7) is 3.94. The SMILES string of the molecule is CC(C)C(C/C=C/CS(=O)(=O)c1ccccc1)OC(=O)c1ccccc1. The topological polar surface area (TPSA) is 60.4 Å². The third kappa shape index (κ3) is 5.85. The molecule has 1 atom stereocenters. The summed E-state index contributed by atoms with van der Waals surface area (Å²) in [7, 11) is -3.34. The summed E-state index contributed by atoms with van der Waals surface area (Å²) >= 11 is 0. The van der Waals surface area contributed by atoms with Crippen LogP contribution >= 0.6 is 0 Å². The lowest BCUT2D eigenvalue weighted by molar-refractivity contribution is 0.0193. The van der Waals surface area contributed by atoms with Gasteiger partial charge in [0.05, 0.1) is 16.2 Å². The van der Waals surface area contributed by atoms with Crippen LogP contribution in [0.2, 0.25) is 0 Å². The van der Waals surface area contributed by atoms with Gasteiger partial charge in [-0.2, -0.15) is 0 Å². The Morgan fingerprint density at radius 3 is 2.12 bits per heavy atom. The first kappa shape index (κ1) is 19.9. The molecule has 0 bridgehead atoms. The van der Waals surface area contributed by atoms with E-state index in [1.165, 1.54) is 0 Å². The molecule has 0 aliphatic heterocycles. The molecule has 0 saturated heterocycles. The van der Waals surface area contributed by atoms with Gasteiger partial charge in [-0.1, -0.05) is 62.4 Å².